The number of halogens is 2. The number of hydrogen-bond donors (Lipinski definition) is 1. The van der Waals surface area contributed by atoms with Gasteiger partial charge in [-0.25, -0.2) is 8.78 Å². The molecule has 1 unspecified atom stereocenters. The minimum atomic E-state index is -3.21. The second kappa shape index (κ2) is 7.41. The lowest BCUT2D eigenvalue weighted by atomic mass is 9.93. The molecule has 0 saturated carbocycles. The van der Waals surface area contributed by atoms with Crippen LogP contribution in [0.1, 0.15) is 12.0 Å². The fourth-order valence-corrected chi connectivity index (χ4v) is 2.67. The lowest BCUT2D eigenvalue weighted by Crippen LogP contribution is -2.33. The Morgan fingerprint density at radius 3 is 2.16 bits per heavy atom. The summed E-state index contributed by atoms with van der Waals surface area (Å²) in [6.07, 6.45) is 3.32. The molecule has 0 fully saturated rings. The summed E-state index contributed by atoms with van der Waals surface area (Å²) in [7, 11) is 5.55. The van der Waals surface area contributed by atoms with Crippen LogP contribution < -0.4 is 14.2 Å². The van der Waals surface area contributed by atoms with Crippen molar-refractivity contribution in [3.63, 3.8) is 0 Å². The van der Waals surface area contributed by atoms with E-state index in [-0.39, 0.29) is 12.0 Å². The normalized spacial score (nSPS) is 20.2. The first-order chi connectivity index (χ1) is 11.8. The number of aliphatic hydroxyl groups is 1. The van der Waals surface area contributed by atoms with E-state index < -0.39 is 18.1 Å². The molecule has 1 aromatic rings. The van der Waals surface area contributed by atoms with Crippen LogP contribution in [0.3, 0.4) is 0 Å². The highest BCUT2D eigenvalue weighted by Gasteiger charge is 2.38. The molecule has 138 valence electrons. The third-order valence-electron chi connectivity index (χ3n) is 4.02. The predicted molar refractivity (Wildman–Crippen MR) is 88.5 cm³/mol. The van der Waals surface area contributed by atoms with Crippen molar-refractivity contribution in [3.8, 4) is 17.2 Å². The summed E-state index contributed by atoms with van der Waals surface area (Å²) >= 11 is 0. The van der Waals surface area contributed by atoms with Crippen LogP contribution in [0.15, 0.2) is 35.9 Å². The number of hydrogen-bond acceptors (Lipinski definition) is 5. The highest BCUT2D eigenvalue weighted by atomic mass is 19.3. The molecule has 0 amide bonds. The fraction of sp³-hybridized carbons (Fsp3) is 0.444. The Bertz CT molecular complexity index is 659. The Labute approximate surface area is 145 Å². The molecule has 0 radical (unpaired) electrons. The van der Waals surface area contributed by atoms with Gasteiger partial charge in [-0.2, -0.15) is 0 Å². The smallest absolute Gasteiger partial charge is 0.277 e. The van der Waals surface area contributed by atoms with E-state index in [1.807, 2.05) is 0 Å². The molecule has 1 atom stereocenters. The largest absolute Gasteiger partial charge is 0.493 e. The van der Waals surface area contributed by atoms with E-state index >= 15 is 0 Å². The molecule has 0 spiro atoms. The minimum absolute atomic E-state index is 0.118. The van der Waals surface area contributed by atoms with Gasteiger partial charge in [0, 0.05) is 25.5 Å². The van der Waals surface area contributed by atoms with Crippen LogP contribution in [0.25, 0.3) is 0 Å². The SMILES string of the molecule is COc1cc(CC(F)(F)C2=CC(O)(OC)CC=C2)cc(OC)c1OC. The standard InChI is InChI=1S/C18H22F2O5/c1-22-14-8-12(9-15(23-2)16(14)24-3)10-18(19,20)13-6-5-7-17(21,11-13)25-4/h5-6,8-9,11,21H,7,10H2,1-4H3. The van der Waals surface area contributed by atoms with E-state index in [1.165, 1.54) is 52.7 Å². The molecule has 0 heterocycles. The van der Waals surface area contributed by atoms with Crippen molar-refractivity contribution < 1.29 is 32.8 Å². The average Bonchev–Trinajstić information content (AvgIpc) is 2.60. The minimum Gasteiger partial charge on any atom is -0.493 e. The van der Waals surface area contributed by atoms with Crippen molar-refractivity contribution >= 4 is 0 Å². The number of benzene rings is 1. The highest BCUT2D eigenvalue weighted by molar-refractivity contribution is 5.54. The number of alkyl halides is 2. The van der Waals surface area contributed by atoms with E-state index in [0.717, 1.165) is 6.08 Å². The van der Waals surface area contributed by atoms with Gasteiger partial charge >= 0.3 is 0 Å². The Morgan fingerprint density at radius 2 is 1.68 bits per heavy atom. The van der Waals surface area contributed by atoms with Crippen molar-refractivity contribution in [3.05, 3.63) is 41.5 Å². The Balaban J connectivity index is 2.36. The highest BCUT2D eigenvalue weighted by Crippen LogP contribution is 2.41. The maximum absolute atomic E-state index is 14.7. The first-order valence-electron chi connectivity index (χ1n) is 7.62. The second-order valence-electron chi connectivity index (χ2n) is 5.67. The predicted octanol–water partition coefficient (Wildman–Crippen LogP) is 3.11. The lowest BCUT2D eigenvalue weighted by Gasteiger charge is -2.28. The molecule has 1 aliphatic rings. The molecule has 1 aromatic carbocycles. The zero-order valence-electron chi connectivity index (χ0n) is 14.6. The number of rotatable bonds is 7. The third kappa shape index (κ3) is 4.11. The van der Waals surface area contributed by atoms with Gasteiger partial charge in [-0.05, 0) is 23.8 Å². The van der Waals surface area contributed by atoms with Gasteiger partial charge in [-0.15, -0.1) is 0 Å². The van der Waals surface area contributed by atoms with Crippen LogP contribution in [0, 0.1) is 0 Å². The topological polar surface area (TPSA) is 57.2 Å². The first kappa shape index (κ1) is 19.2. The van der Waals surface area contributed by atoms with Gasteiger partial charge in [0.25, 0.3) is 5.92 Å². The summed E-state index contributed by atoms with van der Waals surface area (Å²) in [5, 5.41) is 10.1. The molecular formula is C18H22F2O5. The zero-order chi connectivity index (χ0) is 18.7. The monoisotopic (exact) mass is 356 g/mol. The lowest BCUT2D eigenvalue weighted by molar-refractivity contribution is -0.145. The zero-order valence-corrected chi connectivity index (χ0v) is 14.6. The molecule has 5 nitrogen and oxygen atoms in total. The summed E-state index contributed by atoms with van der Waals surface area (Å²) in [5.41, 5.74) is -0.00261. The van der Waals surface area contributed by atoms with E-state index in [2.05, 4.69) is 0 Å². The van der Waals surface area contributed by atoms with E-state index in [0.29, 0.717) is 22.8 Å². The van der Waals surface area contributed by atoms with Gasteiger partial charge in [-0.1, -0.05) is 12.2 Å². The van der Waals surface area contributed by atoms with E-state index in [4.69, 9.17) is 18.9 Å². The van der Waals surface area contributed by atoms with Gasteiger partial charge in [0.15, 0.2) is 17.3 Å². The molecule has 25 heavy (non-hydrogen) atoms. The molecule has 0 bridgehead atoms. The third-order valence-corrected chi connectivity index (χ3v) is 4.02. The summed E-state index contributed by atoms with van der Waals surface area (Å²) < 4.78 is 49.9. The maximum Gasteiger partial charge on any atom is 0.277 e. The van der Waals surface area contributed by atoms with Gasteiger partial charge in [-0.3, -0.25) is 0 Å². The first-order valence-corrected chi connectivity index (χ1v) is 7.62. The summed E-state index contributed by atoms with van der Waals surface area (Å²) in [6.45, 7) is 0. The van der Waals surface area contributed by atoms with Crippen LogP contribution in [-0.2, 0) is 11.2 Å². The molecule has 0 aliphatic heterocycles. The van der Waals surface area contributed by atoms with Crippen molar-refractivity contribution in [1.82, 2.24) is 0 Å². The molecule has 0 aromatic heterocycles. The van der Waals surface area contributed by atoms with E-state index in [1.54, 1.807) is 0 Å². The van der Waals surface area contributed by atoms with Crippen LogP contribution in [0.4, 0.5) is 8.78 Å². The van der Waals surface area contributed by atoms with Gasteiger partial charge < -0.3 is 24.1 Å². The molecule has 2 rings (SSSR count). The second-order valence-corrected chi connectivity index (χ2v) is 5.67. The Hall–Kier alpha value is -2.12. The summed E-state index contributed by atoms with van der Waals surface area (Å²) in [5.74, 6) is -4.00. The van der Waals surface area contributed by atoms with Crippen LogP contribution in [0.2, 0.25) is 0 Å². The van der Waals surface area contributed by atoms with Crippen LogP contribution in [0.5, 0.6) is 17.2 Å². The molecule has 1 aliphatic carbocycles. The quantitative estimate of drug-likeness (QED) is 0.761. The fourth-order valence-electron chi connectivity index (χ4n) is 2.67. The number of ether oxygens (including phenoxy) is 4. The van der Waals surface area contributed by atoms with Crippen molar-refractivity contribution in [2.24, 2.45) is 0 Å². The van der Waals surface area contributed by atoms with Crippen molar-refractivity contribution in [1.29, 1.82) is 0 Å². The molecular weight excluding hydrogens is 334 g/mol. The average molecular weight is 356 g/mol. The van der Waals surface area contributed by atoms with Crippen molar-refractivity contribution in [2.45, 2.75) is 24.6 Å². The molecule has 1 N–H and O–H groups in total. The summed E-state index contributed by atoms with van der Waals surface area (Å²) in [6, 6.07) is 2.95. The Morgan fingerprint density at radius 1 is 1.08 bits per heavy atom. The Kier molecular flexibility index (Phi) is 5.69. The van der Waals surface area contributed by atoms with Gasteiger partial charge in [0.2, 0.25) is 5.75 Å². The number of allylic oxidation sites excluding steroid dienone is 2. The summed E-state index contributed by atoms with van der Waals surface area (Å²) in [4.78, 5) is 0. The van der Waals surface area contributed by atoms with Crippen molar-refractivity contribution in [2.75, 3.05) is 28.4 Å². The molecule has 7 heteroatoms. The maximum atomic E-state index is 14.7. The van der Waals surface area contributed by atoms with Crippen LogP contribution >= 0.6 is 0 Å². The number of methoxy groups -OCH3 is 4. The molecule has 0 saturated heterocycles. The van der Waals surface area contributed by atoms with Gasteiger partial charge in [0.05, 0.1) is 21.3 Å². The van der Waals surface area contributed by atoms with E-state index in [9.17, 15) is 13.9 Å². The van der Waals surface area contributed by atoms with Gasteiger partial charge in [0.1, 0.15) is 0 Å². The van der Waals surface area contributed by atoms with Crippen LogP contribution in [-0.4, -0.2) is 45.3 Å².